The summed E-state index contributed by atoms with van der Waals surface area (Å²) in [6.45, 7) is 6.92. The average Bonchev–Trinajstić information content (AvgIpc) is 2.59. The fourth-order valence-corrected chi connectivity index (χ4v) is 2.49. The molecule has 1 fully saturated rings. The maximum absolute atomic E-state index is 12.2. The molecule has 7 heteroatoms. The van der Waals surface area contributed by atoms with Crippen molar-refractivity contribution in [1.82, 2.24) is 4.90 Å². The van der Waals surface area contributed by atoms with E-state index < -0.39 is 5.97 Å². The second-order valence-corrected chi connectivity index (χ2v) is 6.13. The first-order valence-electron chi connectivity index (χ1n) is 8.32. The number of carbonyl (C=O) groups excluding carboxylic acids is 2. The summed E-state index contributed by atoms with van der Waals surface area (Å²) in [6.07, 6.45) is -0.0219. The van der Waals surface area contributed by atoms with E-state index in [1.165, 1.54) is 7.11 Å². The van der Waals surface area contributed by atoms with Crippen LogP contribution in [0.2, 0.25) is 0 Å². The quantitative estimate of drug-likeness (QED) is 0.729. The van der Waals surface area contributed by atoms with Crippen LogP contribution in [0.5, 0.6) is 11.5 Å². The number of esters is 1. The average molecular weight is 351 g/mol. The van der Waals surface area contributed by atoms with Crippen LogP contribution < -0.4 is 9.47 Å². The lowest BCUT2D eigenvalue weighted by molar-refractivity contribution is -0.141. The first-order valence-corrected chi connectivity index (χ1v) is 8.32. The van der Waals surface area contributed by atoms with E-state index in [0.717, 1.165) is 0 Å². The predicted molar refractivity (Wildman–Crippen MR) is 91.0 cm³/mol. The monoisotopic (exact) mass is 351 g/mol. The normalized spacial score (nSPS) is 17.3. The molecule has 0 radical (unpaired) electrons. The smallest absolute Gasteiger partial charge is 0.338 e. The number of methoxy groups -OCH3 is 1. The zero-order valence-corrected chi connectivity index (χ0v) is 15.1. The van der Waals surface area contributed by atoms with Gasteiger partial charge in [-0.1, -0.05) is 0 Å². The van der Waals surface area contributed by atoms with Crippen molar-refractivity contribution in [3.05, 3.63) is 23.8 Å². The van der Waals surface area contributed by atoms with Crippen molar-refractivity contribution in [2.45, 2.75) is 33.0 Å². The van der Waals surface area contributed by atoms with Crippen LogP contribution in [0.25, 0.3) is 0 Å². The third-order valence-electron chi connectivity index (χ3n) is 3.68. The highest BCUT2D eigenvalue weighted by atomic mass is 16.5. The number of nitrogens with zero attached hydrogens (tertiary/aromatic N) is 1. The van der Waals surface area contributed by atoms with Crippen LogP contribution in [-0.2, 0) is 14.3 Å². The van der Waals surface area contributed by atoms with Crippen LogP contribution in [0.3, 0.4) is 0 Å². The number of hydrogen-bond acceptors (Lipinski definition) is 6. The van der Waals surface area contributed by atoms with Gasteiger partial charge in [0.2, 0.25) is 0 Å². The summed E-state index contributed by atoms with van der Waals surface area (Å²) < 4.78 is 21.4. The van der Waals surface area contributed by atoms with Crippen LogP contribution in [0.15, 0.2) is 18.2 Å². The van der Waals surface area contributed by atoms with Gasteiger partial charge < -0.3 is 23.8 Å². The number of rotatable bonds is 6. The molecule has 0 spiro atoms. The van der Waals surface area contributed by atoms with Gasteiger partial charge in [0.05, 0.1) is 31.5 Å². The number of carbonyl (C=O) groups is 2. The minimum absolute atomic E-state index is 0.00818. The molecule has 1 aliphatic heterocycles. The Bertz CT molecular complexity index is 616. The van der Waals surface area contributed by atoms with Crippen LogP contribution in [0.4, 0.5) is 0 Å². The van der Waals surface area contributed by atoms with E-state index in [9.17, 15) is 9.59 Å². The van der Waals surface area contributed by atoms with E-state index >= 15 is 0 Å². The lowest BCUT2D eigenvalue weighted by Crippen LogP contribution is -2.46. The van der Waals surface area contributed by atoms with Crippen LogP contribution in [-0.4, -0.2) is 62.4 Å². The highest BCUT2D eigenvalue weighted by Gasteiger charge is 2.22. The summed E-state index contributed by atoms with van der Waals surface area (Å²) in [5, 5.41) is 0. The summed E-state index contributed by atoms with van der Waals surface area (Å²) in [5.74, 6) is 0.184. The molecule has 1 aromatic rings. The summed E-state index contributed by atoms with van der Waals surface area (Å²) >= 11 is 0. The van der Waals surface area contributed by atoms with Crippen molar-refractivity contribution in [2.75, 3.05) is 33.4 Å². The highest BCUT2D eigenvalue weighted by Crippen LogP contribution is 2.29. The van der Waals surface area contributed by atoms with Crippen molar-refractivity contribution >= 4 is 11.9 Å². The molecule has 138 valence electrons. The van der Waals surface area contributed by atoms with Gasteiger partial charge in [0, 0.05) is 13.1 Å². The van der Waals surface area contributed by atoms with Gasteiger partial charge in [0.1, 0.15) is 0 Å². The Morgan fingerprint density at radius 1 is 1.32 bits per heavy atom. The van der Waals surface area contributed by atoms with E-state index in [0.29, 0.717) is 36.8 Å². The van der Waals surface area contributed by atoms with Crippen molar-refractivity contribution in [3.8, 4) is 11.5 Å². The predicted octanol–water partition coefficient (Wildman–Crippen LogP) is 1.89. The Balaban J connectivity index is 1.95. The van der Waals surface area contributed by atoms with Crippen molar-refractivity contribution in [1.29, 1.82) is 0 Å². The van der Waals surface area contributed by atoms with Crippen LogP contribution in [0.1, 0.15) is 31.1 Å². The van der Waals surface area contributed by atoms with Gasteiger partial charge in [0.15, 0.2) is 18.1 Å². The zero-order chi connectivity index (χ0) is 18.4. The summed E-state index contributed by atoms with van der Waals surface area (Å²) in [7, 11) is 1.50. The van der Waals surface area contributed by atoms with Gasteiger partial charge in [0.25, 0.3) is 5.91 Å². The minimum Gasteiger partial charge on any atom is -0.493 e. The molecule has 7 nitrogen and oxygen atoms in total. The molecule has 1 amide bonds. The van der Waals surface area contributed by atoms with Gasteiger partial charge in [-0.2, -0.15) is 0 Å². The Kier molecular flexibility index (Phi) is 6.64. The molecule has 1 unspecified atom stereocenters. The number of amides is 1. The molecule has 0 aromatic heterocycles. The number of ether oxygens (including phenoxy) is 4. The summed E-state index contributed by atoms with van der Waals surface area (Å²) in [5.41, 5.74) is 0.302. The molecule has 1 aromatic carbocycles. The van der Waals surface area contributed by atoms with Crippen LogP contribution >= 0.6 is 0 Å². The van der Waals surface area contributed by atoms with Gasteiger partial charge in [-0.15, -0.1) is 0 Å². The van der Waals surface area contributed by atoms with E-state index in [4.69, 9.17) is 18.9 Å². The Morgan fingerprint density at radius 2 is 2.08 bits per heavy atom. The van der Waals surface area contributed by atoms with Gasteiger partial charge in [-0.05, 0) is 39.0 Å². The van der Waals surface area contributed by atoms with E-state index in [1.807, 2.05) is 20.8 Å². The standard InChI is InChI=1S/C18H25NO6/c1-12(2)25-15-6-5-14(9-16(15)22-4)18(21)24-11-17(20)19-7-8-23-13(3)10-19/h5-6,9,12-13H,7-8,10-11H2,1-4H3. The maximum atomic E-state index is 12.2. The van der Waals surface area contributed by atoms with Crippen LogP contribution in [0, 0.1) is 0 Å². The molecule has 25 heavy (non-hydrogen) atoms. The first kappa shape index (κ1) is 19.1. The Hall–Kier alpha value is -2.28. The van der Waals surface area contributed by atoms with Crippen molar-refractivity contribution in [3.63, 3.8) is 0 Å². The Morgan fingerprint density at radius 3 is 2.72 bits per heavy atom. The SMILES string of the molecule is COc1cc(C(=O)OCC(=O)N2CCOC(C)C2)ccc1OC(C)C. The molecule has 1 heterocycles. The number of hydrogen-bond donors (Lipinski definition) is 0. The largest absolute Gasteiger partial charge is 0.493 e. The molecule has 0 aliphatic carbocycles. The molecule has 0 bridgehead atoms. The molecule has 1 atom stereocenters. The molecular formula is C18H25NO6. The summed E-state index contributed by atoms with van der Waals surface area (Å²) in [4.78, 5) is 26.0. The number of morpholine rings is 1. The lowest BCUT2D eigenvalue weighted by Gasteiger charge is -2.30. The fourth-order valence-electron chi connectivity index (χ4n) is 2.49. The van der Waals surface area contributed by atoms with Gasteiger partial charge in [-0.3, -0.25) is 4.79 Å². The van der Waals surface area contributed by atoms with Crippen molar-refractivity contribution in [2.24, 2.45) is 0 Å². The highest BCUT2D eigenvalue weighted by molar-refractivity contribution is 5.92. The number of benzene rings is 1. The van der Waals surface area contributed by atoms with E-state index in [-0.39, 0.29) is 24.7 Å². The molecule has 0 saturated carbocycles. The van der Waals surface area contributed by atoms with Crippen molar-refractivity contribution < 1.29 is 28.5 Å². The first-order chi connectivity index (χ1) is 11.9. The lowest BCUT2D eigenvalue weighted by atomic mass is 10.2. The van der Waals surface area contributed by atoms with E-state index in [1.54, 1.807) is 23.1 Å². The second kappa shape index (κ2) is 8.71. The topological polar surface area (TPSA) is 74.3 Å². The maximum Gasteiger partial charge on any atom is 0.338 e. The molecule has 1 aliphatic rings. The van der Waals surface area contributed by atoms with Gasteiger partial charge >= 0.3 is 5.97 Å². The van der Waals surface area contributed by atoms with Gasteiger partial charge in [-0.25, -0.2) is 4.79 Å². The van der Waals surface area contributed by atoms with E-state index in [2.05, 4.69) is 0 Å². The molecular weight excluding hydrogens is 326 g/mol. The third kappa shape index (κ3) is 5.35. The molecule has 2 rings (SSSR count). The minimum atomic E-state index is -0.580. The third-order valence-corrected chi connectivity index (χ3v) is 3.68. The second-order valence-electron chi connectivity index (χ2n) is 6.13. The Labute approximate surface area is 147 Å². The fraction of sp³-hybridized carbons (Fsp3) is 0.556. The molecule has 0 N–H and O–H groups in total. The molecule has 1 saturated heterocycles. The summed E-state index contributed by atoms with van der Waals surface area (Å²) in [6, 6.07) is 4.78. The zero-order valence-electron chi connectivity index (χ0n) is 15.1.